The monoisotopic (exact) mass is 260 g/mol. The minimum absolute atomic E-state index is 0.144. The number of hydrogen-bond acceptors (Lipinski definition) is 5. The molecule has 0 aliphatic carbocycles. The van der Waals surface area contributed by atoms with Crippen LogP contribution in [0.4, 0.5) is 5.95 Å². The van der Waals surface area contributed by atoms with Gasteiger partial charge in [-0.15, -0.1) is 5.10 Å². The highest BCUT2D eigenvalue weighted by atomic mass is 16.1. The Balaban J connectivity index is 1.84. The summed E-state index contributed by atoms with van der Waals surface area (Å²) in [5, 5.41) is 10.5. The van der Waals surface area contributed by atoms with Crippen LogP contribution in [0, 0.1) is 0 Å². The second kappa shape index (κ2) is 5.23. The van der Waals surface area contributed by atoms with Gasteiger partial charge in [-0.2, -0.15) is 4.98 Å². The fraction of sp³-hybridized carbons (Fsp3) is 0.417. The number of anilines is 1. The molecule has 0 unspecified atom stereocenters. The van der Waals surface area contributed by atoms with E-state index >= 15 is 0 Å². The first-order valence-corrected chi connectivity index (χ1v) is 6.40. The molecule has 2 aromatic rings. The maximum atomic E-state index is 11.3. The molecule has 0 amide bonds. The number of aromatic nitrogens is 4. The van der Waals surface area contributed by atoms with E-state index in [1.165, 1.54) is 6.07 Å². The normalized spacial score (nSPS) is 16.3. The van der Waals surface area contributed by atoms with Gasteiger partial charge in [0.05, 0.1) is 0 Å². The van der Waals surface area contributed by atoms with Crippen molar-refractivity contribution >= 4 is 5.95 Å². The quantitative estimate of drug-likeness (QED) is 0.705. The van der Waals surface area contributed by atoms with E-state index in [0.717, 1.165) is 38.2 Å². The standard InChI is InChI=1S/C12H16N6O/c19-10-8-9(2-4-14-10)11-15-12(17-16-11)18-6-1-3-13-5-7-18/h2,4,8,13H,1,3,5-7H2,(H,14,19)(H,15,16,17). The highest BCUT2D eigenvalue weighted by Crippen LogP contribution is 2.16. The molecule has 1 aliphatic rings. The van der Waals surface area contributed by atoms with E-state index in [1.807, 2.05) is 0 Å². The number of aromatic amines is 2. The molecule has 1 fully saturated rings. The first-order valence-electron chi connectivity index (χ1n) is 6.40. The lowest BCUT2D eigenvalue weighted by Crippen LogP contribution is -2.28. The number of pyridine rings is 1. The van der Waals surface area contributed by atoms with E-state index in [4.69, 9.17) is 0 Å². The maximum absolute atomic E-state index is 11.3. The molecule has 0 aromatic carbocycles. The van der Waals surface area contributed by atoms with Crippen LogP contribution >= 0.6 is 0 Å². The lowest BCUT2D eigenvalue weighted by Gasteiger charge is -2.16. The Morgan fingerprint density at radius 1 is 1.26 bits per heavy atom. The molecule has 0 saturated carbocycles. The van der Waals surface area contributed by atoms with Crippen molar-refractivity contribution < 1.29 is 0 Å². The summed E-state index contributed by atoms with van der Waals surface area (Å²) in [6, 6.07) is 3.31. The fourth-order valence-corrected chi connectivity index (χ4v) is 2.16. The zero-order chi connectivity index (χ0) is 13.1. The largest absolute Gasteiger partial charge is 0.338 e. The minimum Gasteiger partial charge on any atom is -0.338 e. The minimum atomic E-state index is -0.144. The van der Waals surface area contributed by atoms with Crippen LogP contribution in [-0.4, -0.2) is 46.3 Å². The van der Waals surface area contributed by atoms with Crippen molar-refractivity contribution in [3.8, 4) is 11.4 Å². The SMILES string of the molecule is O=c1cc(-c2nc(N3CCCNCC3)n[nH]2)cc[nH]1. The summed E-state index contributed by atoms with van der Waals surface area (Å²) >= 11 is 0. The average molecular weight is 260 g/mol. The van der Waals surface area contributed by atoms with E-state index in [2.05, 4.69) is 30.4 Å². The van der Waals surface area contributed by atoms with Gasteiger partial charge in [0.15, 0.2) is 5.82 Å². The number of rotatable bonds is 2. The maximum Gasteiger partial charge on any atom is 0.248 e. The highest BCUT2D eigenvalue weighted by molar-refractivity contribution is 5.55. The summed E-state index contributed by atoms with van der Waals surface area (Å²) in [7, 11) is 0. The van der Waals surface area contributed by atoms with Gasteiger partial charge in [-0.1, -0.05) is 0 Å². The summed E-state index contributed by atoms with van der Waals surface area (Å²) in [6.45, 7) is 3.81. The van der Waals surface area contributed by atoms with Gasteiger partial charge in [0, 0.05) is 37.5 Å². The Kier molecular flexibility index (Phi) is 3.28. The highest BCUT2D eigenvalue weighted by Gasteiger charge is 2.14. The van der Waals surface area contributed by atoms with Crippen LogP contribution in [0.1, 0.15) is 6.42 Å². The van der Waals surface area contributed by atoms with Crippen molar-refractivity contribution in [2.75, 3.05) is 31.1 Å². The molecule has 100 valence electrons. The van der Waals surface area contributed by atoms with Gasteiger partial charge in [-0.05, 0) is 19.0 Å². The molecule has 7 heteroatoms. The molecule has 0 radical (unpaired) electrons. The summed E-state index contributed by atoms with van der Waals surface area (Å²) in [6.07, 6.45) is 2.69. The van der Waals surface area contributed by atoms with Gasteiger partial charge in [0.1, 0.15) is 0 Å². The molecule has 0 spiro atoms. The fourth-order valence-electron chi connectivity index (χ4n) is 2.16. The van der Waals surface area contributed by atoms with E-state index in [-0.39, 0.29) is 5.56 Å². The summed E-state index contributed by atoms with van der Waals surface area (Å²) in [5.41, 5.74) is 0.602. The lowest BCUT2D eigenvalue weighted by atomic mass is 10.2. The number of nitrogens with one attached hydrogen (secondary N) is 3. The van der Waals surface area contributed by atoms with Crippen molar-refractivity contribution in [2.45, 2.75) is 6.42 Å². The number of nitrogens with zero attached hydrogens (tertiary/aromatic N) is 3. The number of H-pyrrole nitrogens is 2. The van der Waals surface area contributed by atoms with E-state index in [9.17, 15) is 4.79 Å². The first-order chi connectivity index (χ1) is 9.33. The van der Waals surface area contributed by atoms with E-state index in [1.54, 1.807) is 12.3 Å². The Labute approximate surface area is 110 Å². The molecular formula is C12H16N6O. The van der Waals surface area contributed by atoms with Crippen LogP contribution < -0.4 is 15.8 Å². The molecule has 0 bridgehead atoms. The molecule has 3 heterocycles. The molecule has 7 nitrogen and oxygen atoms in total. The van der Waals surface area contributed by atoms with Gasteiger partial charge in [-0.3, -0.25) is 9.89 Å². The number of hydrogen-bond donors (Lipinski definition) is 3. The van der Waals surface area contributed by atoms with Crippen LogP contribution in [0.15, 0.2) is 23.1 Å². The van der Waals surface area contributed by atoms with E-state index < -0.39 is 0 Å². The van der Waals surface area contributed by atoms with Crippen LogP contribution in [0.25, 0.3) is 11.4 Å². The van der Waals surface area contributed by atoms with Crippen molar-refractivity contribution in [3.05, 3.63) is 28.7 Å². The predicted molar refractivity (Wildman–Crippen MR) is 72.1 cm³/mol. The molecule has 0 atom stereocenters. The third kappa shape index (κ3) is 2.65. The Morgan fingerprint density at radius 2 is 2.21 bits per heavy atom. The van der Waals surface area contributed by atoms with Gasteiger partial charge < -0.3 is 15.2 Å². The lowest BCUT2D eigenvalue weighted by molar-refractivity contribution is 0.724. The van der Waals surface area contributed by atoms with Crippen molar-refractivity contribution in [1.29, 1.82) is 0 Å². The van der Waals surface area contributed by atoms with Gasteiger partial charge >= 0.3 is 0 Å². The Bertz CT molecular complexity index is 596. The summed E-state index contributed by atoms with van der Waals surface area (Å²) < 4.78 is 0. The third-order valence-corrected chi connectivity index (χ3v) is 3.15. The summed E-state index contributed by atoms with van der Waals surface area (Å²) in [4.78, 5) is 20.5. The molecule has 19 heavy (non-hydrogen) atoms. The summed E-state index contributed by atoms with van der Waals surface area (Å²) in [5.74, 6) is 1.32. The molecule has 2 aromatic heterocycles. The van der Waals surface area contributed by atoms with Crippen LogP contribution in [-0.2, 0) is 0 Å². The second-order valence-corrected chi connectivity index (χ2v) is 4.52. The Morgan fingerprint density at radius 3 is 3.11 bits per heavy atom. The van der Waals surface area contributed by atoms with Crippen molar-refractivity contribution in [1.82, 2.24) is 25.5 Å². The van der Waals surface area contributed by atoms with Crippen molar-refractivity contribution in [3.63, 3.8) is 0 Å². The predicted octanol–water partition coefficient (Wildman–Crippen LogP) is -0.0403. The third-order valence-electron chi connectivity index (χ3n) is 3.15. The van der Waals surface area contributed by atoms with Crippen LogP contribution in [0.3, 0.4) is 0 Å². The van der Waals surface area contributed by atoms with Gasteiger partial charge in [-0.25, -0.2) is 0 Å². The molecule has 1 saturated heterocycles. The zero-order valence-corrected chi connectivity index (χ0v) is 10.5. The smallest absolute Gasteiger partial charge is 0.248 e. The van der Waals surface area contributed by atoms with Gasteiger partial charge in [0.25, 0.3) is 0 Å². The molecule has 1 aliphatic heterocycles. The van der Waals surface area contributed by atoms with Crippen LogP contribution in [0.2, 0.25) is 0 Å². The topological polar surface area (TPSA) is 89.7 Å². The zero-order valence-electron chi connectivity index (χ0n) is 10.5. The van der Waals surface area contributed by atoms with Gasteiger partial charge in [0.2, 0.25) is 11.5 Å². The van der Waals surface area contributed by atoms with Crippen molar-refractivity contribution in [2.24, 2.45) is 0 Å². The molecular weight excluding hydrogens is 244 g/mol. The second-order valence-electron chi connectivity index (χ2n) is 4.52. The first kappa shape index (κ1) is 11.9. The van der Waals surface area contributed by atoms with E-state index in [0.29, 0.717) is 11.8 Å². The Hall–Kier alpha value is -2.15. The average Bonchev–Trinajstić information content (AvgIpc) is 2.75. The molecule has 3 rings (SSSR count). The van der Waals surface area contributed by atoms with Crippen LogP contribution in [0.5, 0.6) is 0 Å². The molecule has 3 N–H and O–H groups in total.